The molecule has 1 aromatic rings. The highest BCUT2D eigenvalue weighted by Crippen LogP contribution is 2.23. The van der Waals surface area contributed by atoms with Gasteiger partial charge in [0.15, 0.2) is 0 Å². The quantitative estimate of drug-likeness (QED) is 0.741. The first-order valence-corrected chi connectivity index (χ1v) is 7.65. The molecule has 5 nitrogen and oxygen atoms in total. The second-order valence-corrected chi connectivity index (χ2v) is 6.00. The zero-order valence-electron chi connectivity index (χ0n) is 12.7. The predicted molar refractivity (Wildman–Crippen MR) is 81.5 cm³/mol. The summed E-state index contributed by atoms with van der Waals surface area (Å²) < 4.78 is 0. The van der Waals surface area contributed by atoms with Gasteiger partial charge in [-0.2, -0.15) is 0 Å². The maximum absolute atomic E-state index is 12.4. The van der Waals surface area contributed by atoms with Crippen molar-refractivity contribution in [1.29, 1.82) is 0 Å². The number of pyridine rings is 1. The molecule has 1 saturated carbocycles. The van der Waals surface area contributed by atoms with Crippen LogP contribution >= 0.6 is 0 Å². The molecule has 0 aromatic carbocycles. The molecule has 1 fully saturated rings. The van der Waals surface area contributed by atoms with Crippen LogP contribution in [-0.2, 0) is 0 Å². The van der Waals surface area contributed by atoms with Gasteiger partial charge in [0.1, 0.15) is 5.56 Å². The van der Waals surface area contributed by atoms with Crippen LogP contribution in [0.4, 0.5) is 0 Å². The highest BCUT2D eigenvalue weighted by Gasteiger charge is 2.26. The second-order valence-electron chi connectivity index (χ2n) is 6.00. The van der Waals surface area contributed by atoms with E-state index < -0.39 is 0 Å². The number of carbonyl (C=O) groups excluding carboxylic acids is 1. The molecular formula is C16H24N2O3. The molecule has 0 saturated heterocycles. The lowest BCUT2D eigenvalue weighted by Gasteiger charge is -2.24. The van der Waals surface area contributed by atoms with Crippen LogP contribution in [-0.4, -0.2) is 28.6 Å². The normalized spacial score (nSPS) is 22.6. The number of aliphatic hydroxyl groups is 1. The van der Waals surface area contributed by atoms with E-state index in [4.69, 9.17) is 0 Å². The first kappa shape index (κ1) is 15.8. The summed E-state index contributed by atoms with van der Waals surface area (Å²) in [6.07, 6.45) is 5.05. The number of amides is 1. The molecule has 116 valence electrons. The summed E-state index contributed by atoms with van der Waals surface area (Å²) in [6, 6.07) is 1.75. The van der Waals surface area contributed by atoms with Gasteiger partial charge in [0.2, 0.25) is 0 Å². The topological polar surface area (TPSA) is 82.2 Å². The molecule has 0 bridgehead atoms. The van der Waals surface area contributed by atoms with Gasteiger partial charge < -0.3 is 15.4 Å². The molecular weight excluding hydrogens is 268 g/mol. The summed E-state index contributed by atoms with van der Waals surface area (Å²) in [5.74, 6) is -0.250. The van der Waals surface area contributed by atoms with Crippen LogP contribution in [0.25, 0.3) is 0 Å². The molecule has 2 unspecified atom stereocenters. The fourth-order valence-corrected chi connectivity index (χ4v) is 3.17. The van der Waals surface area contributed by atoms with E-state index in [1.54, 1.807) is 19.9 Å². The molecule has 0 spiro atoms. The van der Waals surface area contributed by atoms with Crippen LogP contribution in [0, 0.1) is 19.8 Å². The van der Waals surface area contributed by atoms with Crippen molar-refractivity contribution in [2.75, 3.05) is 6.61 Å². The van der Waals surface area contributed by atoms with Gasteiger partial charge in [-0.05, 0) is 38.3 Å². The second kappa shape index (κ2) is 6.89. The highest BCUT2D eigenvalue weighted by molar-refractivity contribution is 5.95. The first-order valence-electron chi connectivity index (χ1n) is 7.65. The number of rotatable bonds is 3. The Labute approximate surface area is 124 Å². The van der Waals surface area contributed by atoms with Crippen LogP contribution < -0.4 is 10.9 Å². The van der Waals surface area contributed by atoms with E-state index in [0.29, 0.717) is 5.56 Å². The SMILES string of the molecule is Cc1cc(C)c(C(=O)NC2CCCCCC2CO)c(=O)[nH]1. The Morgan fingerprint density at radius 3 is 2.71 bits per heavy atom. The van der Waals surface area contributed by atoms with Crippen LogP contribution in [0.3, 0.4) is 0 Å². The van der Waals surface area contributed by atoms with Crippen molar-refractivity contribution < 1.29 is 9.90 Å². The van der Waals surface area contributed by atoms with Gasteiger partial charge in [-0.15, -0.1) is 0 Å². The van der Waals surface area contributed by atoms with Crippen LogP contribution in [0.5, 0.6) is 0 Å². The highest BCUT2D eigenvalue weighted by atomic mass is 16.3. The molecule has 1 aliphatic rings. The maximum atomic E-state index is 12.4. The molecule has 0 aliphatic heterocycles. The van der Waals surface area contributed by atoms with Crippen molar-refractivity contribution in [1.82, 2.24) is 10.3 Å². The van der Waals surface area contributed by atoms with Crippen LogP contribution in [0.1, 0.15) is 53.7 Å². The Bertz CT molecular complexity index is 565. The van der Waals surface area contributed by atoms with Gasteiger partial charge in [0, 0.05) is 24.3 Å². The molecule has 2 rings (SSSR count). The Balaban J connectivity index is 2.19. The zero-order valence-corrected chi connectivity index (χ0v) is 12.7. The van der Waals surface area contributed by atoms with E-state index in [1.807, 2.05) is 0 Å². The van der Waals surface area contributed by atoms with Crippen molar-refractivity contribution >= 4 is 5.91 Å². The first-order chi connectivity index (χ1) is 10.0. The summed E-state index contributed by atoms with van der Waals surface area (Å²) in [5.41, 5.74) is 1.26. The molecule has 2 atom stereocenters. The van der Waals surface area contributed by atoms with Gasteiger partial charge in [-0.1, -0.05) is 19.3 Å². The summed E-state index contributed by atoms with van der Waals surface area (Å²) in [4.78, 5) is 27.1. The number of carbonyl (C=O) groups is 1. The van der Waals surface area contributed by atoms with Gasteiger partial charge in [0.05, 0.1) is 0 Å². The number of H-pyrrole nitrogens is 1. The van der Waals surface area contributed by atoms with Gasteiger partial charge in [-0.3, -0.25) is 9.59 Å². The summed E-state index contributed by atoms with van der Waals surface area (Å²) in [5, 5.41) is 12.5. The average molecular weight is 292 g/mol. The monoisotopic (exact) mass is 292 g/mol. The third kappa shape index (κ3) is 3.73. The predicted octanol–water partition coefficient (Wildman–Crippen LogP) is 1.66. The van der Waals surface area contributed by atoms with Gasteiger partial charge >= 0.3 is 0 Å². The van der Waals surface area contributed by atoms with Crippen LogP contribution in [0.2, 0.25) is 0 Å². The molecule has 1 amide bonds. The van der Waals surface area contributed by atoms with E-state index in [1.165, 1.54) is 0 Å². The summed E-state index contributed by atoms with van der Waals surface area (Å²) >= 11 is 0. The van der Waals surface area contributed by atoms with E-state index in [0.717, 1.165) is 37.8 Å². The Morgan fingerprint density at radius 2 is 2.05 bits per heavy atom. The van der Waals surface area contributed by atoms with Crippen molar-refractivity contribution in [3.8, 4) is 0 Å². The average Bonchev–Trinajstić information content (AvgIpc) is 2.62. The minimum atomic E-state index is -0.348. The van der Waals surface area contributed by atoms with Crippen molar-refractivity contribution in [2.45, 2.75) is 52.0 Å². The van der Waals surface area contributed by atoms with E-state index >= 15 is 0 Å². The Hall–Kier alpha value is -1.62. The maximum Gasteiger partial charge on any atom is 0.261 e. The number of hydrogen-bond acceptors (Lipinski definition) is 3. The number of aliphatic hydroxyl groups excluding tert-OH is 1. The Morgan fingerprint density at radius 1 is 1.33 bits per heavy atom. The number of nitrogens with one attached hydrogen (secondary N) is 2. The van der Waals surface area contributed by atoms with Crippen molar-refractivity contribution in [3.63, 3.8) is 0 Å². The summed E-state index contributed by atoms with van der Waals surface area (Å²) in [6.45, 7) is 3.64. The molecule has 0 radical (unpaired) electrons. The minimum Gasteiger partial charge on any atom is -0.396 e. The molecule has 1 aromatic heterocycles. The Kier molecular flexibility index (Phi) is 5.17. The van der Waals surface area contributed by atoms with E-state index in [-0.39, 0.29) is 35.6 Å². The molecule has 21 heavy (non-hydrogen) atoms. The zero-order chi connectivity index (χ0) is 15.4. The number of aromatic amines is 1. The molecule has 1 heterocycles. The summed E-state index contributed by atoms with van der Waals surface area (Å²) in [7, 11) is 0. The molecule has 5 heteroatoms. The number of aryl methyl sites for hydroxylation is 2. The van der Waals surface area contributed by atoms with Crippen LogP contribution in [0.15, 0.2) is 10.9 Å². The lowest BCUT2D eigenvalue weighted by molar-refractivity contribution is 0.0897. The third-order valence-corrected chi connectivity index (χ3v) is 4.30. The lowest BCUT2D eigenvalue weighted by atomic mass is 9.95. The van der Waals surface area contributed by atoms with Gasteiger partial charge in [0.25, 0.3) is 11.5 Å². The number of hydrogen-bond donors (Lipinski definition) is 3. The third-order valence-electron chi connectivity index (χ3n) is 4.30. The lowest BCUT2D eigenvalue weighted by Crippen LogP contribution is -2.43. The minimum absolute atomic E-state index is 0.0508. The fraction of sp³-hybridized carbons (Fsp3) is 0.625. The van der Waals surface area contributed by atoms with Crippen molar-refractivity contribution in [3.05, 3.63) is 33.2 Å². The van der Waals surface area contributed by atoms with Gasteiger partial charge in [-0.25, -0.2) is 0 Å². The molecule has 3 N–H and O–H groups in total. The number of aromatic nitrogens is 1. The van der Waals surface area contributed by atoms with E-state index in [2.05, 4.69) is 10.3 Å². The standard InChI is InChI=1S/C16H24N2O3/c1-10-8-11(2)17-15(20)14(10)16(21)18-13-7-5-3-4-6-12(13)9-19/h8,12-13,19H,3-7,9H2,1-2H3,(H,17,20)(H,18,21). The largest absolute Gasteiger partial charge is 0.396 e. The molecule has 1 aliphatic carbocycles. The van der Waals surface area contributed by atoms with E-state index in [9.17, 15) is 14.7 Å². The van der Waals surface area contributed by atoms with Crippen molar-refractivity contribution in [2.24, 2.45) is 5.92 Å². The fourth-order valence-electron chi connectivity index (χ4n) is 3.17. The smallest absolute Gasteiger partial charge is 0.261 e.